The smallest absolute Gasteiger partial charge is 0.325 e. The number of urea groups is 1. The zero-order chi connectivity index (χ0) is 26.0. The van der Waals surface area contributed by atoms with Crippen LogP contribution in [0.3, 0.4) is 0 Å². The highest BCUT2D eigenvalue weighted by molar-refractivity contribution is 5.91. The molecule has 2 aliphatic rings. The van der Waals surface area contributed by atoms with Crippen LogP contribution in [0.1, 0.15) is 42.4 Å². The van der Waals surface area contributed by atoms with Crippen LogP contribution in [0.15, 0.2) is 48.5 Å². The number of nitrogens with one attached hydrogen (secondary N) is 2. The lowest BCUT2D eigenvalue weighted by Gasteiger charge is -2.39. The third-order valence-electron chi connectivity index (χ3n) is 6.30. The number of aliphatic hydroxyl groups is 1. The van der Waals surface area contributed by atoms with Crippen LogP contribution in [0.2, 0.25) is 0 Å². The fourth-order valence-corrected chi connectivity index (χ4v) is 4.41. The first kappa shape index (κ1) is 27.0. The summed E-state index contributed by atoms with van der Waals surface area (Å²) in [5.41, 5.74) is 3.18. The fourth-order valence-electron chi connectivity index (χ4n) is 4.41. The number of rotatable bonds is 9. The van der Waals surface area contributed by atoms with Gasteiger partial charge in [0.1, 0.15) is 6.54 Å². The van der Waals surface area contributed by atoms with Gasteiger partial charge in [0.05, 0.1) is 38.6 Å². The lowest BCUT2D eigenvalue weighted by atomic mass is 9.99. The van der Waals surface area contributed by atoms with Crippen LogP contribution in [-0.4, -0.2) is 74.1 Å². The van der Waals surface area contributed by atoms with Crippen molar-refractivity contribution < 1.29 is 33.6 Å². The van der Waals surface area contributed by atoms with Crippen LogP contribution in [0.25, 0.3) is 0 Å². The van der Waals surface area contributed by atoms with E-state index in [1.807, 2.05) is 36.4 Å². The minimum Gasteiger partial charge on any atom is -0.465 e. The molecule has 0 aromatic heterocycles. The van der Waals surface area contributed by atoms with E-state index in [1.54, 1.807) is 19.1 Å². The quantitative estimate of drug-likeness (QED) is 0.438. The first-order chi connectivity index (χ1) is 18.0. The van der Waals surface area contributed by atoms with E-state index in [2.05, 4.69) is 15.5 Å². The number of morpholine rings is 1. The Balaban J connectivity index is 1.46. The maximum Gasteiger partial charge on any atom is 0.325 e. The highest BCUT2D eigenvalue weighted by atomic mass is 16.7. The van der Waals surface area contributed by atoms with Gasteiger partial charge in [-0.15, -0.1) is 0 Å². The van der Waals surface area contributed by atoms with Gasteiger partial charge in [0.15, 0.2) is 6.29 Å². The Labute approximate surface area is 216 Å². The first-order valence-electron chi connectivity index (χ1n) is 12.6. The summed E-state index contributed by atoms with van der Waals surface area (Å²) in [4.78, 5) is 26.1. The van der Waals surface area contributed by atoms with Gasteiger partial charge in [-0.1, -0.05) is 36.4 Å². The number of amides is 2. The molecule has 200 valence electrons. The Kier molecular flexibility index (Phi) is 9.86. The molecule has 3 N–H and O–H groups in total. The SMILES string of the molecule is CCOC(=O)CNC(=O)Nc1cccc([C@@H]2O[C@H](CN3CCOCC3)C[C@H](c3ccc(CO)cc3)O2)c1. The molecule has 3 atom stereocenters. The second-order valence-electron chi connectivity index (χ2n) is 9.00. The normalized spacial score (nSPS) is 22.3. The molecular weight excluding hydrogens is 478 g/mol. The van der Waals surface area contributed by atoms with Gasteiger partial charge in [-0.3, -0.25) is 9.69 Å². The summed E-state index contributed by atoms with van der Waals surface area (Å²) in [6.45, 7) is 5.66. The first-order valence-corrected chi connectivity index (χ1v) is 12.6. The van der Waals surface area contributed by atoms with E-state index in [1.165, 1.54) is 0 Å². The molecule has 2 aromatic rings. The molecule has 2 fully saturated rings. The van der Waals surface area contributed by atoms with Crippen LogP contribution < -0.4 is 10.6 Å². The van der Waals surface area contributed by atoms with Gasteiger partial charge in [0.2, 0.25) is 0 Å². The predicted molar refractivity (Wildman–Crippen MR) is 136 cm³/mol. The lowest BCUT2D eigenvalue weighted by Crippen LogP contribution is -2.44. The minimum absolute atomic E-state index is 0.00957. The van der Waals surface area contributed by atoms with Crippen LogP contribution in [-0.2, 0) is 30.3 Å². The minimum atomic E-state index is -0.633. The molecule has 2 heterocycles. The van der Waals surface area contributed by atoms with Crippen molar-refractivity contribution >= 4 is 17.7 Å². The summed E-state index contributed by atoms with van der Waals surface area (Å²) in [6, 6.07) is 14.5. The van der Waals surface area contributed by atoms with E-state index in [0.717, 1.165) is 36.3 Å². The van der Waals surface area contributed by atoms with E-state index in [0.29, 0.717) is 25.3 Å². The molecule has 4 rings (SSSR count). The highest BCUT2D eigenvalue weighted by Gasteiger charge is 2.33. The summed E-state index contributed by atoms with van der Waals surface area (Å²) in [7, 11) is 0. The number of ether oxygens (including phenoxy) is 4. The van der Waals surface area contributed by atoms with Crippen molar-refractivity contribution in [2.24, 2.45) is 0 Å². The van der Waals surface area contributed by atoms with Crippen LogP contribution in [0.5, 0.6) is 0 Å². The standard InChI is InChI=1S/C27H35N3O7/c1-2-35-25(32)16-28-27(33)29-22-5-3-4-21(14-22)26-36-23(17-30-10-12-34-13-11-30)15-24(37-26)20-8-6-19(18-31)7-9-20/h3-9,14,23-24,26,31H,2,10-13,15-18H2,1H3,(H2,28,29,33)/t23-,24+,26+/m0/s1. The lowest BCUT2D eigenvalue weighted by molar-refractivity contribution is -0.253. The monoisotopic (exact) mass is 513 g/mol. The Bertz CT molecular complexity index is 1030. The summed E-state index contributed by atoms with van der Waals surface area (Å²) in [5, 5.41) is 14.6. The van der Waals surface area contributed by atoms with Gasteiger partial charge in [0.25, 0.3) is 0 Å². The fraction of sp³-hybridized carbons (Fsp3) is 0.481. The second-order valence-corrected chi connectivity index (χ2v) is 9.00. The Hall–Kier alpha value is -3.02. The van der Waals surface area contributed by atoms with Gasteiger partial charge < -0.3 is 34.7 Å². The van der Waals surface area contributed by atoms with Gasteiger partial charge >= 0.3 is 12.0 Å². The topological polar surface area (TPSA) is 119 Å². The third kappa shape index (κ3) is 7.98. The van der Waals surface area contributed by atoms with Gasteiger partial charge in [-0.25, -0.2) is 4.79 Å². The number of aliphatic hydroxyl groups excluding tert-OH is 1. The molecular formula is C27H35N3O7. The second kappa shape index (κ2) is 13.5. The number of anilines is 1. The molecule has 10 heteroatoms. The number of hydrogen-bond donors (Lipinski definition) is 3. The zero-order valence-corrected chi connectivity index (χ0v) is 21.1. The van der Waals surface area contributed by atoms with Crippen LogP contribution >= 0.6 is 0 Å². The summed E-state index contributed by atoms with van der Waals surface area (Å²) in [6.07, 6.45) is -0.196. The molecule has 10 nitrogen and oxygen atoms in total. The molecule has 0 radical (unpaired) electrons. The van der Waals surface area contributed by atoms with E-state index >= 15 is 0 Å². The molecule has 2 aromatic carbocycles. The van der Waals surface area contributed by atoms with Crippen LogP contribution in [0, 0.1) is 0 Å². The number of benzene rings is 2. The number of hydrogen-bond acceptors (Lipinski definition) is 8. The van der Waals surface area contributed by atoms with Crippen molar-refractivity contribution in [3.63, 3.8) is 0 Å². The van der Waals surface area contributed by atoms with Crippen molar-refractivity contribution in [3.05, 3.63) is 65.2 Å². The third-order valence-corrected chi connectivity index (χ3v) is 6.30. The molecule has 0 aliphatic carbocycles. The Morgan fingerprint density at radius 2 is 1.86 bits per heavy atom. The highest BCUT2D eigenvalue weighted by Crippen LogP contribution is 2.38. The molecule has 2 saturated heterocycles. The summed E-state index contributed by atoms with van der Waals surface area (Å²) < 4.78 is 23.1. The van der Waals surface area contributed by atoms with E-state index in [9.17, 15) is 14.7 Å². The molecule has 2 aliphatic heterocycles. The van der Waals surface area contributed by atoms with E-state index in [-0.39, 0.29) is 32.0 Å². The molecule has 2 amide bonds. The van der Waals surface area contributed by atoms with Crippen molar-refractivity contribution in [3.8, 4) is 0 Å². The zero-order valence-electron chi connectivity index (χ0n) is 21.1. The van der Waals surface area contributed by atoms with Crippen LogP contribution in [0.4, 0.5) is 10.5 Å². The van der Waals surface area contributed by atoms with Crippen molar-refractivity contribution in [1.29, 1.82) is 0 Å². The molecule has 0 unspecified atom stereocenters. The molecule has 37 heavy (non-hydrogen) atoms. The Morgan fingerprint density at radius 1 is 1.08 bits per heavy atom. The number of nitrogens with zero attached hydrogens (tertiary/aromatic N) is 1. The molecule has 0 spiro atoms. The maximum absolute atomic E-state index is 12.2. The number of carbonyl (C=O) groups is 2. The molecule has 0 saturated carbocycles. The average molecular weight is 514 g/mol. The van der Waals surface area contributed by atoms with Crippen molar-refractivity contribution in [2.75, 3.05) is 51.3 Å². The van der Waals surface area contributed by atoms with Gasteiger partial charge in [0, 0.05) is 37.3 Å². The van der Waals surface area contributed by atoms with Crippen molar-refractivity contribution in [2.45, 2.75) is 38.4 Å². The summed E-state index contributed by atoms with van der Waals surface area (Å²) >= 11 is 0. The van der Waals surface area contributed by atoms with E-state index in [4.69, 9.17) is 18.9 Å². The average Bonchev–Trinajstić information content (AvgIpc) is 2.93. The van der Waals surface area contributed by atoms with Gasteiger partial charge in [-0.05, 0) is 30.2 Å². The predicted octanol–water partition coefficient (Wildman–Crippen LogP) is 2.74. The van der Waals surface area contributed by atoms with E-state index < -0.39 is 18.3 Å². The van der Waals surface area contributed by atoms with Crippen molar-refractivity contribution in [1.82, 2.24) is 10.2 Å². The van der Waals surface area contributed by atoms with Gasteiger partial charge in [-0.2, -0.15) is 0 Å². The molecule has 0 bridgehead atoms. The largest absolute Gasteiger partial charge is 0.465 e. The summed E-state index contributed by atoms with van der Waals surface area (Å²) in [5.74, 6) is -0.500. The number of esters is 1. The number of carbonyl (C=O) groups excluding carboxylic acids is 2. The Morgan fingerprint density at radius 3 is 2.59 bits per heavy atom. The maximum atomic E-state index is 12.2.